The van der Waals surface area contributed by atoms with Gasteiger partial charge in [-0.05, 0) is 24.1 Å². The number of ether oxygens (including phenoxy) is 2. The summed E-state index contributed by atoms with van der Waals surface area (Å²) in [5.74, 6) is 1.15. The normalized spacial score (nSPS) is 26.2. The summed E-state index contributed by atoms with van der Waals surface area (Å²) in [7, 11) is 0. The molecule has 2 aromatic rings. The molecule has 5 nitrogen and oxygen atoms in total. The van der Waals surface area contributed by atoms with Crippen molar-refractivity contribution in [3.8, 4) is 5.75 Å². The summed E-state index contributed by atoms with van der Waals surface area (Å²) in [5.41, 5.74) is 7.22. The Morgan fingerprint density at radius 2 is 1.70 bits per heavy atom. The van der Waals surface area contributed by atoms with Crippen molar-refractivity contribution in [2.24, 2.45) is 11.7 Å². The van der Waals surface area contributed by atoms with Gasteiger partial charge in [-0.3, -0.25) is 4.79 Å². The van der Waals surface area contributed by atoms with Crippen molar-refractivity contribution >= 4 is 5.97 Å². The fourth-order valence-electron chi connectivity index (χ4n) is 4.96. The van der Waals surface area contributed by atoms with E-state index in [0.29, 0.717) is 12.3 Å². The Bertz CT molecular complexity index is 804. The molecule has 3 saturated heterocycles. The molecule has 160 valence electrons. The van der Waals surface area contributed by atoms with Crippen LogP contribution < -0.4 is 10.5 Å². The van der Waals surface area contributed by atoms with Crippen molar-refractivity contribution in [1.29, 1.82) is 0 Å². The van der Waals surface area contributed by atoms with Crippen molar-refractivity contribution in [2.45, 2.75) is 37.8 Å². The second kappa shape index (κ2) is 9.63. The summed E-state index contributed by atoms with van der Waals surface area (Å²) in [6.45, 7) is 5.07. The van der Waals surface area contributed by atoms with E-state index >= 15 is 0 Å². The lowest BCUT2D eigenvalue weighted by molar-refractivity contribution is -0.946. The lowest BCUT2D eigenvalue weighted by Crippen LogP contribution is -2.65. The largest absolute Gasteiger partial charge is 0.493 e. The lowest BCUT2D eigenvalue weighted by Gasteiger charge is -2.52. The molecule has 0 aromatic heterocycles. The van der Waals surface area contributed by atoms with E-state index in [-0.39, 0.29) is 12.1 Å². The van der Waals surface area contributed by atoms with Gasteiger partial charge in [0.15, 0.2) is 6.10 Å². The Hall–Kier alpha value is -2.37. The van der Waals surface area contributed by atoms with Crippen molar-refractivity contribution in [3.05, 3.63) is 66.2 Å². The maximum atomic E-state index is 12.6. The van der Waals surface area contributed by atoms with Crippen LogP contribution in [0.1, 0.15) is 24.8 Å². The van der Waals surface area contributed by atoms with E-state index in [1.165, 1.54) is 13.1 Å². The minimum absolute atomic E-state index is 0.00290. The number of fused-ring (bicyclic) bond motifs is 3. The van der Waals surface area contributed by atoms with Crippen LogP contribution in [0.5, 0.6) is 5.75 Å². The fourth-order valence-corrected chi connectivity index (χ4v) is 4.96. The zero-order valence-electron chi connectivity index (χ0n) is 17.6. The van der Waals surface area contributed by atoms with Crippen molar-refractivity contribution in [1.82, 2.24) is 0 Å². The molecule has 2 bridgehead atoms. The number of quaternary nitrogens is 1. The Balaban J connectivity index is 1.26. The van der Waals surface area contributed by atoms with Gasteiger partial charge in [0.2, 0.25) is 0 Å². The highest BCUT2D eigenvalue weighted by Crippen LogP contribution is 2.36. The monoisotopic (exact) mass is 409 g/mol. The third kappa shape index (κ3) is 5.21. The highest BCUT2D eigenvalue weighted by atomic mass is 16.5. The molecule has 3 heterocycles. The van der Waals surface area contributed by atoms with E-state index < -0.39 is 6.04 Å². The molecule has 0 radical (unpaired) electrons. The molecule has 0 amide bonds. The first-order valence-corrected chi connectivity index (χ1v) is 11.2. The third-order valence-corrected chi connectivity index (χ3v) is 6.70. The molecule has 2 atom stereocenters. The van der Waals surface area contributed by atoms with E-state index in [9.17, 15) is 4.79 Å². The molecule has 3 aliphatic rings. The molecule has 2 aromatic carbocycles. The number of carbonyl (C=O) groups excluding carboxylic acids is 1. The number of benzene rings is 2. The minimum Gasteiger partial charge on any atom is -0.493 e. The quantitative estimate of drug-likeness (QED) is 0.393. The van der Waals surface area contributed by atoms with Crippen LogP contribution in [0.2, 0.25) is 0 Å². The zero-order chi connectivity index (χ0) is 20.8. The summed E-state index contributed by atoms with van der Waals surface area (Å²) in [6.07, 6.45) is 3.79. The molecule has 5 heteroatoms. The van der Waals surface area contributed by atoms with Gasteiger partial charge >= 0.3 is 5.97 Å². The SMILES string of the molecule is N[C@@H](Cc1ccccc1)C(=O)O[C@H]1C[N+]2(CCCOc3ccccc3)CCC1CC2. The molecule has 0 saturated carbocycles. The van der Waals surface area contributed by atoms with Gasteiger partial charge in [0.25, 0.3) is 0 Å². The van der Waals surface area contributed by atoms with Gasteiger partial charge in [-0.25, -0.2) is 0 Å². The van der Waals surface area contributed by atoms with Crippen LogP contribution in [0.3, 0.4) is 0 Å². The molecular weight excluding hydrogens is 376 g/mol. The summed E-state index contributed by atoms with van der Waals surface area (Å²) in [5, 5.41) is 0. The second-order valence-corrected chi connectivity index (χ2v) is 8.82. The van der Waals surface area contributed by atoms with Crippen LogP contribution in [0, 0.1) is 5.92 Å². The van der Waals surface area contributed by atoms with Gasteiger partial charge < -0.3 is 19.7 Å². The van der Waals surface area contributed by atoms with E-state index in [0.717, 1.165) is 54.8 Å². The van der Waals surface area contributed by atoms with Crippen LogP contribution >= 0.6 is 0 Å². The van der Waals surface area contributed by atoms with Crippen molar-refractivity contribution in [2.75, 3.05) is 32.8 Å². The number of para-hydroxylation sites is 1. The number of rotatable bonds is 9. The predicted octanol–water partition coefficient (Wildman–Crippen LogP) is 3.18. The summed E-state index contributed by atoms with van der Waals surface area (Å²) in [6, 6.07) is 19.3. The van der Waals surface area contributed by atoms with Gasteiger partial charge in [0, 0.05) is 25.2 Å². The van der Waals surface area contributed by atoms with Crippen molar-refractivity contribution < 1.29 is 18.8 Å². The minimum atomic E-state index is -0.601. The first-order chi connectivity index (χ1) is 14.6. The van der Waals surface area contributed by atoms with E-state index in [2.05, 4.69) is 0 Å². The Morgan fingerprint density at radius 3 is 2.40 bits per heavy atom. The van der Waals surface area contributed by atoms with Gasteiger partial charge in [0.1, 0.15) is 18.3 Å². The topological polar surface area (TPSA) is 61.6 Å². The van der Waals surface area contributed by atoms with Gasteiger partial charge in [0.05, 0.1) is 26.2 Å². The molecule has 0 spiro atoms. The highest BCUT2D eigenvalue weighted by molar-refractivity contribution is 5.76. The van der Waals surface area contributed by atoms with Gasteiger partial charge in [-0.1, -0.05) is 48.5 Å². The van der Waals surface area contributed by atoms with E-state index in [4.69, 9.17) is 15.2 Å². The molecule has 3 aliphatic heterocycles. The number of carbonyl (C=O) groups is 1. The number of hydrogen-bond acceptors (Lipinski definition) is 4. The van der Waals surface area contributed by atoms with Crippen LogP contribution in [-0.4, -0.2) is 55.4 Å². The molecule has 5 rings (SSSR count). The fraction of sp³-hybridized carbons (Fsp3) is 0.480. The van der Waals surface area contributed by atoms with Crippen LogP contribution in [0.4, 0.5) is 0 Å². The second-order valence-electron chi connectivity index (χ2n) is 8.82. The van der Waals surface area contributed by atoms with Crippen LogP contribution in [-0.2, 0) is 16.0 Å². The lowest BCUT2D eigenvalue weighted by atomic mass is 9.83. The number of piperidine rings is 3. The van der Waals surface area contributed by atoms with Gasteiger partial charge in [-0.15, -0.1) is 0 Å². The number of esters is 1. The van der Waals surface area contributed by atoms with Crippen LogP contribution in [0.25, 0.3) is 0 Å². The van der Waals surface area contributed by atoms with E-state index in [1.54, 1.807) is 0 Å². The van der Waals surface area contributed by atoms with E-state index in [1.807, 2.05) is 60.7 Å². The average molecular weight is 410 g/mol. The third-order valence-electron chi connectivity index (χ3n) is 6.70. The zero-order valence-corrected chi connectivity index (χ0v) is 17.6. The molecular formula is C25H33N2O3+. The molecule has 2 N–H and O–H groups in total. The average Bonchev–Trinajstić information content (AvgIpc) is 2.79. The number of nitrogens with zero attached hydrogens (tertiary/aromatic N) is 1. The number of hydrogen-bond donors (Lipinski definition) is 1. The smallest absolute Gasteiger partial charge is 0.323 e. The Kier molecular flexibility index (Phi) is 6.70. The van der Waals surface area contributed by atoms with Crippen LogP contribution in [0.15, 0.2) is 60.7 Å². The van der Waals surface area contributed by atoms with Gasteiger partial charge in [-0.2, -0.15) is 0 Å². The first kappa shape index (κ1) is 20.9. The molecule has 30 heavy (non-hydrogen) atoms. The molecule has 0 unspecified atom stereocenters. The predicted molar refractivity (Wildman–Crippen MR) is 117 cm³/mol. The highest BCUT2D eigenvalue weighted by Gasteiger charge is 2.47. The first-order valence-electron chi connectivity index (χ1n) is 11.2. The maximum absolute atomic E-state index is 12.6. The maximum Gasteiger partial charge on any atom is 0.323 e. The molecule has 3 fully saturated rings. The summed E-state index contributed by atoms with van der Waals surface area (Å²) >= 11 is 0. The summed E-state index contributed by atoms with van der Waals surface area (Å²) in [4.78, 5) is 12.6. The summed E-state index contributed by atoms with van der Waals surface area (Å²) < 4.78 is 12.9. The standard InChI is InChI=1S/C25H33N2O3/c26-23(18-20-8-3-1-4-9-20)25(28)30-24-19-27(15-12-21(24)13-16-27)14-7-17-29-22-10-5-2-6-11-22/h1-6,8-11,21,23-24H,7,12-19,26H2/q+1/t21?,23-,24-,27?/m0/s1. The number of nitrogens with two attached hydrogens (primary N) is 1. The van der Waals surface area contributed by atoms with Crippen molar-refractivity contribution in [3.63, 3.8) is 0 Å². The Labute approximate surface area is 179 Å². The Morgan fingerprint density at radius 1 is 1.03 bits per heavy atom. The molecule has 0 aliphatic carbocycles.